The minimum absolute atomic E-state index is 0.382. The van der Waals surface area contributed by atoms with Gasteiger partial charge in [0, 0.05) is 18.8 Å². The van der Waals surface area contributed by atoms with E-state index in [9.17, 15) is 4.79 Å². The van der Waals surface area contributed by atoms with Crippen molar-refractivity contribution in [3.63, 3.8) is 0 Å². The van der Waals surface area contributed by atoms with Crippen LogP contribution in [0.5, 0.6) is 0 Å². The highest BCUT2D eigenvalue weighted by Crippen LogP contribution is 2.16. The molecule has 0 bridgehead atoms. The van der Waals surface area contributed by atoms with Gasteiger partial charge in [-0.1, -0.05) is 6.92 Å². The van der Waals surface area contributed by atoms with E-state index in [0.29, 0.717) is 24.5 Å². The number of hydrogen-bond donors (Lipinski definition) is 1. The van der Waals surface area contributed by atoms with Crippen LogP contribution in [0.25, 0.3) is 0 Å². The Morgan fingerprint density at radius 2 is 2.28 bits per heavy atom. The quantitative estimate of drug-likeness (QED) is 0.858. The Labute approximate surface area is 107 Å². The van der Waals surface area contributed by atoms with Crippen LogP contribution in [0.2, 0.25) is 0 Å². The summed E-state index contributed by atoms with van der Waals surface area (Å²) < 4.78 is 0. The molecule has 0 aliphatic heterocycles. The van der Waals surface area contributed by atoms with Crippen LogP contribution in [0.3, 0.4) is 0 Å². The molecule has 1 aromatic rings. The summed E-state index contributed by atoms with van der Waals surface area (Å²) in [6, 6.07) is 5.47. The topological polar surface area (TPSA) is 77.2 Å². The van der Waals surface area contributed by atoms with E-state index in [4.69, 9.17) is 10.4 Å². The van der Waals surface area contributed by atoms with Crippen molar-refractivity contribution in [2.24, 2.45) is 5.92 Å². The lowest BCUT2D eigenvalue weighted by molar-refractivity contribution is -0.140. The molecule has 0 amide bonds. The van der Waals surface area contributed by atoms with Crippen molar-refractivity contribution in [1.29, 1.82) is 5.26 Å². The summed E-state index contributed by atoms with van der Waals surface area (Å²) in [4.78, 5) is 17.1. The summed E-state index contributed by atoms with van der Waals surface area (Å²) in [5, 5.41) is 17.8. The number of aromatic nitrogens is 1. The third-order valence-electron chi connectivity index (χ3n) is 2.69. The van der Waals surface area contributed by atoms with Gasteiger partial charge < -0.3 is 10.0 Å². The van der Waals surface area contributed by atoms with E-state index in [1.807, 2.05) is 18.7 Å². The standard InChI is InChI=1S/C13H17N3O2/c1-4-16(8-9(2)13(17)18)12-6-11(7-14)5-10(3)15-12/h5-6,9H,4,8H2,1-3H3,(H,17,18). The van der Waals surface area contributed by atoms with Crippen LogP contribution in [0.15, 0.2) is 12.1 Å². The molecular formula is C13H17N3O2. The lowest BCUT2D eigenvalue weighted by Gasteiger charge is -2.24. The van der Waals surface area contributed by atoms with Gasteiger partial charge in [0.05, 0.1) is 17.6 Å². The molecule has 0 radical (unpaired) electrons. The fourth-order valence-electron chi connectivity index (χ4n) is 1.67. The van der Waals surface area contributed by atoms with Crippen LogP contribution in [-0.4, -0.2) is 29.1 Å². The molecule has 0 spiro atoms. The molecule has 1 heterocycles. The lowest BCUT2D eigenvalue weighted by Crippen LogP contribution is -2.32. The van der Waals surface area contributed by atoms with E-state index >= 15 is 0 Å². The monoisotopic (exact) mass is 247 g/mol. The van der Waals surface area contributed by atoms with Gasteiger partial charge >= 0.3 is 5.97 Å². The minimum Gasteiger partial charge on any atom is -0.481 e. The zero-order chi connectivity index (χ0) is 13.7. The molecule has 0 saturated carbocycles. The van der Waals surface area contributed by atoms with Gasteiger partial charge in [-0.25, -0.2) is 4.98 Å². The lowest BCUT2D eigenvalue weighted by atomic mass is 10.1. The van der Waals surface area contributed by atoms with Crippen molar-refractivity contribution in [2.75, 3.05) is 18.0 Å². The Hall–Kier alpha value is -2.09. The maximum atomic E-state index is 10.9. The Morgan fingerprint density at radius 3 is 2.78 bits per heavy atom. The summed E-state index contributed by atoms with van der Waals surface area (Å²) in [7, 11) is 0. The molecule has 1 unspecified atom stereocenters. The number of anilines is 1. The molecule has 0 aliphatic carbocycles. The maximum absolute atomic E-state index is 10.9. The Morgan fingerprint density at radius 1 is 1.61 bits per heavy atom. The van der Waals surface area contributed by atoms with Crippen LogP contribution >= 0.6 is 0 Å². The molecule has 0 aliphatic rings. The second kappa shape index (κ2) is 6.01. The van der Waals surface area contributed by atoms with E-state index in [2.05, 4.69) is 11.1 Å². The predicted molar refractivity (Wildman–Crippen MR) is 68.4 cm³/mol. The van der Waals surface area contributed by atoms with Crippen LogP contribution in [-0.2, 0) is 4.79 Å². The van der Waals surface area contributed by atoms with Gasteiger partial charge in [0.2, 0.25) is 0 Å². The van der Waals surface area contributed by atoms with Crippen LogP contribution in [0.1, 0.15) is 25.1 Å². The summed E-state index contributed by atoms with van der Waals surface area (Å²) in [6.07, 6.45) is 0. The average Bonchev–Trinajstić information content (AvgIpc) is 2.34. The molecule has 1 atom stereocenters. The van der Waals surface area contributed by atoms with E-state index in [-0.39, 0.29) is 0 Å². The zero-order valence-electron chi connectivity index (χ0n) is 10.8. The second-order valence-electron chi connectivity index (χ2n) is 4.25. The number of carboxylic acids is 1. The molecular weight excluding hydrogens is 230 g/mol. The number of carboxylic acid groups (broad SMARTS) is 1. The van der Waals surface area contributed by atoms with Gasteiger partial charge in [0.25, 0.3) is 0 Å². The summed E-state index contributed by atoms with van der Waals surface area (Å²) >= 11 is 0. The molecule has 0 saturated heterocycles. The fraction of sp³-hybridized carbons (Fsp3) is 0.462. The van der Waals surface area contributed by atoms with Crippen molar-refractivity contribution in [3.8, 4) is 6.07 Å². The van der Waals surface area contributed by atoms with E-state index in [1.165, 1.54) is 0 Å². The van der Waals surface area contributed by atoms with Crippen molar-refractivity contribution >= 4 is 11.8 Å². The normalized spacial score (nSPS) is 11.7. The number of aliphatic carboxylic acids is 1. The van der Waals surface area contributed by atoms with Crippen molar-refractivity contribution < 1.29 is 9.90 Å². The van der Waals surface area contributed by atoms with Crippen molar-refractivity contribution in [1.82, 2.24) is 4.98 Å². The van der Waals surface area contributed by atoms with Crippen LogP contribution < -0.4 is 4.90 Å². The minimum atomic E-state index is -0.832. The molecule has 0 aromatic carbocycles. The van der Waals surface area contributed by atoms with Gasteiger partial charge in [-0.05, 0) is 26.0 Å². The summed E-state index contributed by atoms with van der Waals surface area (Å²) in [5.74, 6) is -0.651. The smallest absolute Gasteiger partial charge is 0.308 e. The highest BCUT2D eigenvalue weighted by atomic mass is 16.4. The van der Waals surface area contributed by atoms with Crippen LogP contribution in [0.4, 0.5) is 5.82 Å². The van der Waals surface area contributed by atoms with E-state index in [0.717, 1.165) is 5.69 Å². The SMILES string of the molecule is CCN(CC(C)C(=O)O)c1cc(C#N)cc(C)n1. The Balaban J connectivity index is 2.98. The molecule has 1 N–H and O–H groups in total. The summed E-state index contributed by atoms with van der Waals surface area (Å²) in [6.45, 7) is 6.45. The third kappa shape index (κ3) is 3.45. The number of pyridine rings is 1. The molecule has 1 aromatic heterocycles. The predicted octanol–water partition coefficient (Wildman–Crippen LogP) is 1.81. The first-order valence-corrected chi connectivity index (χ1v) is 5.84. The second-order valence-corrected chi connectivity index (χ2v) is 4.25. The highest BCUT2D eigenvalue weighted by Gasteiger charge is 2.16. The first-order chi connectivity index (χ1) is 8.47. The van der Waals surface area contributed by atoms with E-state index in [1.54, 1.807) is 19.1 Å². The number of nitrogens with zero attached hydrogens (tertiary/aromatic N) is 3. The van der Waals surface area contributed by atoms with Gasteiger partial charge in [-0.2, -0.15) is 5.26 Å². The first-order valence-electron chi connectivity index (χ1n) is 5.84. The number of aryl methyl sites for hydroxylation is 1. The number of hydrogen-bond acceptors (Lipinski definition) is 4. The molecule has 5 nitrogen and oxygen atoms in total. The van der Waals surface area contributed by atoms with Crippen molar-refractivity contribution in [3.05, 3.63) is 23.4 Å². The third-order valence-corrected chi connectivity index (χ3v) is 2.69. The fourth-order valence-corrected chi connectivity index (χ4v) is 1.67. The van der Waals surface area contributed by atoms with Gasteiger partial charge in [0.15, 0.2) is 0 Å². The van der Waals surface area contributed by atoms with Gasteiger partial charge in [-0.15, -0.1) is 0 Å². The van der Waals surface area contributed by atoms with Gasteiger partial charge in [-0.3, -0.25) is 4.79 Å². The number of rotatable bonds is 5. The highest BCUT2D eigenvalue weighted by molar-refractivity contribution is 5.70. The summed E-state index contributed by atoms with van der Waals surface area (Å²) in [5.41, 5.74) is 1.30. The Bertz CT molecular complexity index is 480. The number of carbonyl (C=O) groups is 1. The molecule has 1 rings (SSSR count). The first kappa shape index (κ1) is 14.0. The van der Waals surface area contributed by atoms with E-state index < -0.39 is 11.9 Å². The number of nitriles is 1. The average molecular weight is 247 g/mol. The van der Waals surface area contributed by atoms with Crippen molar-refractivity contribution in [2.45, 2.75) is 20.8 Å². The van der Waals surface area contributed by atoms with Gasteiger partial charge in [0.1, 0.15) is 5.82 Å². The Kier molecular flexibility index (Phi) is 4.67. The molecule has 5 heteroatoms. The van der Waals surface area contributed by atoms with Crippen LogP contribution in [0, 0.1) is 24.2 Å². The largest absolute Gasteiger partial charge is 0.481 e. The molecule has 18 heavy (non-hydrogen) atoms. The maximum Gasteiger partial charge on any atom is 0.308 e. The zero-order valence-corrected chi connectivity index (χ0v) is 10.8. The molecule has 96 valence electrons. The molecule has 0 fully saturated rings.